The second-order valence-electron chi connectivity index (χ2n) is 6.74. The summed E-state index contributed by atoms with van der Waals surface area (Å²) in [6, 6.07) is 4.52. The molecular formula is C18H17ClF3N3O2S. The predicted octanol–water partition coefficient (Wildman–Crippen LogP) is 4.28. The zero-order valence-electron chi connectivity index (χ0n) is 14.7. The van der Waals surface area contributed by atoms with Crippen LogP contribution in [0.1, 0.15) is 28.1 Å². The van der Waals surface area contributed by atoms with Crippen LogP contribution in [0.15, 0.2) is 29.8 Å². The second-order valence-corrected chi connectivity index (χ2v) is 8.10. The molecule has 0 aliphatic carbocycles. The summed E-state index contributed by atoms with van der Waals surface area (Å²) < 4.78 is 44.4. The van der Waals surface area contributed by atoms with E-state index in [-0.39, 0.29) is 10.9 Å². The molecule has 28 heavy (non-hydrogen) atoms. The summed E-state index contributed by atoms with van der Waals surface area (Å²) in [5, 5.41) is 1.82. The fourth-order valence-corrected chi connectivity index (χ4v) is 4.69. The molecule has 4 rings (SSSR count). The molecule has 0 N–H and O–H groups in total. The number of anilines is 1. The molecule has 4 heterocycles. The Balaban J connectivity index is 1.49. The van der Waals surface area contributed by atoms with E-state index in [2.05, 4.69) is 4.98 Å². The fourth-order valence-electron chi connectivity index (χ4n) is 3.73. The van der Waals surface area contributed by atoms with Crippen LogP contribution in [0.2, 0.25) is 5.02 Å². The number of hydrogen-bond donors (Lipinski definition) is 0. The summed E-state index contributed by atoms with van der Waals surface area (Å²) in [5.41, 5.74) is -1.56. The molecule has 2 aliphatic heterocycles. The van der Waals surface area contributed by atoms with Gasteiger partial charge in [-0.3, -0.25) is 4.79 Å². The number of amides is 1. The Morgan fingerprint density at radius 2 is 2.04 bits per heavy atom. The molecule has 10 heteroatoms. The summed E-state index contributed by atoms with van der Waals surface area (Å²) >= 11 is 7.46. The number of thiophene rings is 1. The van der Waals surface area contributed by atoms with Crippen molar-refractivity contribution >= 4 is 34.7 Å². The highest BCUT2D eigenvalue weighted by Gasteiger charge is 2.47. The highest BCUT2D eigenvalue weighted by Crippen LogP contribution is 2.39. The van der Waals surface area contributed by atoms with Crippen LogP contribution in [0.5, 0.6) is 0 Å². The first kappa shape index (κ1) is 19.5. The van der Waals surface area contributed by atoms with Gasteiger partial charge < -0.3 is 14.5 Å². The van der Waals surface area contributed by atoms with E-state index in [9.17, 15) is 18.0 Å². The van der Waals surface area contributed by atoms with Crippen LogP contribution >= 0.6 is 22.9 Å². The molecule has 2 aliphatic rings. The number of aromatic nitrogens is 1. The Morgan fingerprint density at radius 1 is 1.29 bits per heavy atom. The molecule has 2 saturated heterocycles. The largest absolute Gasteiger partial charge is 0.417 e. The quantitative estimate of drug-likeness (QED) is 0.711. The second kappa shape index (κ2) is 7.20. The number of ether oxygens (including phenoxy) is 1. The van der Waals surface area contributed by atoms with Gasteiger partial charge in [-0.2, -0.15) is 13.2 Å². The highest BCUT2D eigenvalue weighted by molar-refractivity contribution is 7.12. The summed E-state index contributed by atoms with van der Waals surface area (Å²) in [7, 11) is 0. The Labute approximate surface area is 168 Å². The van der Waals surface area contributed by atoms with Gasteiger partial charge in [-0.05, 0) is 17.5 Å². The van der Waals surface area contributed by atoms with Crippen molar-refractivity contribution in [3.05, 3.63) is 45.2 Å². The molecule has 0 unspecified atom stereocenters. The van der Waals surface area contributed by atoms with E-state index in [1.54, 1.807) is 11.0 Å². The Kier molecular flexibility index (Phi) is 5.01. The third kappa shape index (κ3) is 3.46. The van der Waals surface area contributed by atoms with Crippen LogP contribution in [0.4, 0.5) is 19.0 Å². The van der Waals surface area contributed by atoms with Crippen LogP contribution in [0.3, 0.4) is 0 Å². The van der Waals surface area contributed by atoms with Crippen LogP contribution in [0, 0.1) is 0 Å². The molecule has 2 aromatic heterocycles. The van der Waals surface area contributed by atoms with Crippen LogP contribution in [-0.2, 0) is 10.9 Å². The standard InChI is InChI=1S/C18H17ClF3N3O2S/c19-13-10-12(18(20,21)22)11-23-15(13)24-5-3-17(4-6-24)25(7-8-27-17)16(26)14-2-1-9-28-14/h1-2,9-11H,3-8H2. The number of halogens is 4. The first-order valence-electron chi connectivity index (χ1n) is 8.77. The monoisotopic (exact) mass is 431 g/mol. The minimum atomic E-state index is -4.48. The van der Waals surface area contributed by atoms with Gasteiger partial charge in [0.25, 0.3) is 5.91 Å². The lowest BCUT2D eigenvalue weighted by Crippen LogP contribution is -2.55. The molecule has 0 saturated carbocycles. The SMILES string of the molecule is O=C(c1cccs1)N1CCOC12CCN(c1ncc(C(F)(F)F)cc1Cl)CC2. The predicted molar refractivity (Wildman–Crippen MR) is 99.7 cm³/mol. The van der Waals surface area contributed by atoms with Gasteiger partial charge in [0, 0.05) is 38.7 Å². The maximum Gasteiger partial charge on any atom is 0.417 e. The minimum Gasteiger partial charge on any atom is -0.355 e. The van der Waals surface area contributed by atoms with Crippen LogP contribution in [0.25, 0.3) is 0 Å². The number of nitrogens with zero attached hydrogens (tertiary/aromatic N) is 3. The minimum absolute atomic E-state index is 0.0374. The average molecular weight is 432 g/mol. The van der Waals surface area contributed by atoms with Gasteiger partial charge in [-0.25, -0.2) is 4.98 Å². The lowest BCUT2D eigenvalue weighted by atomic mass is 9.98. The van der Waals surface area contributed by atoms with Crippen molar-refractivity contribution in [1.29, 1.82) is 0 Å². The Hall–Kier alpha value is -1.84. The van der Waals surface area contributed by atoms with E-state index in [1.165, 1.54) is 11.3 Å². The van der Waals surface area contributed by atoms with Gasteiger partial charge in [-0.1, -0.05) is 17.7 Å². The van der Waals surface area contributed by atoms with E-state index in [0.29, 0.717) is 49.8 Å². The zero-order valence-corrected chi connectivity index (χ0v) is 16.3. The van der Waals surface area contributed by atoms with Crippen LogP contribution in [-0.4, -0.2) is 47.8 Å². The normalized spacial score (nSPS) is 19.4. The van der Waals surface area contributed by atoms with Crippen molar-refractivity contribution < 1.29 is 22.7 Å². The molecule has 0 radical (unpaired) electrons. The number of hydrogen-bond acceptors (Lipinski definition) is 5. The van der Waals surface area contributed by atoms with E-state index < -0.39 is 17.5 Å². The molecule has 1 spiro atoms. The van der Waals surface area contributed by atoms with Crippen molar-refractivity contribution in [2.75, 3.05) is 31.1 Å². The molecule has 0 bridgehead atoms. The summed E-state index contributed by atoms with van der Waals surface area (Å²) in [4.78, 5) is 21.0. The van der Waals surface area contributed by atoms with Gasteiger partial charge in [0.05, 0.1) is 22.1 Å². The lowest BCUT2D eigenvalue weighted by Gasteiger charge is -2.43. The van der Waals surface area contributed by atoms with E-state index in [1.807, 2.05) is 16.3 Å². The maximum absolute atomic E-state index is 12.8. The number of piperidine rings is 1. The average Bonchev–Trinajstić information content (AvgIpc) is 3.32. The molecule has 2 aromatic rings. The van der Waals surface area contributed by atoms with Crippen LogP contribution < -0.4 is 4.90 Å². The summed E-state index contributed by atoms with van der Waals surface area (Å²) in [6.45, 7) is 1.95. The summed E-state index contributed by atoms with van der Waals surface area (Å²) in [6.07, 6.45) is -2.63. The van der Waals surface area contributed by atoms with Crippen molar-refractivity contribution in [2.24, 2.45) is 0 Å². The first-order chi connectivity index (χ1) is 13.3. The van der Waals surface area contributed by atoms with Gasteiger partial charge in [0.1, 0.15) is 11.5 Å². The van der Waals surface area contributed by atoms with Crippen molar-refractivity contribution in [3.63, 3.8) is 0 Å². The van der Waals surface area contributed by atoms with Crippen molar-refractivity contribution in [1.82, 2.24) is 9.88 Å². The van der Waals surface area contributed by atoms with Gasteiger partial charge >= 0.3 is 6.18 Å². The van der Waals surface area contributed by atoms with Crippen molar-refractivity contribution in [3.8, 4) is 0 Å². The van der Waals surface area contributed by atoms with Gasteiger partial charge in [-0.15, -0.1) is 11.3 Å². The smallest absolute Gasteiger partial charge is 0.355 e. The maximum atomic E-state index is 12.8. The first-order valence-corrected chi connectivity index (χ1v) is 10.0. The van der Waals surface area contributed by atoms with E-state index in [0.717, 1.165) is 12.3 Å². The number of carbonyl (C=O) groups is 1. The van der Waals surface area contributed by atoms with E-state index in [4.69, 9.17) is 16.3 Å². The molecule has 5 nitrogen and oxygen atoms in total. The third-order valence-electron chi connectivity index (χ3n) is 5.15. The summed E-state index contributed by atoms with van der Waals surface area (Å²) in [5.74, 6) is 0.269. The molecular weight excluding hydrogens is 415 g/mol. The highest BCUT2D eigenvalue weighted by atomic mass is 35.5. The number of carbonyl (C=O) groups excluding carboxylic acids is 1. The van der Waals surface area contributed by atoms with Gasteiger partial charge in [0.2, 0.25) is 0 Å². The number of pyridine rings is 1. The van der Waals surface area contributed by atoms with Crippen molar-refractivity contribution in [2.45, 2.75) is 24.7 Å². The zero-order chi connectivity index (χ0) is 19.9. The molecule has 2 fully saturated rings. The number of rotatable bonds is 2. The Morgan fingerprint density at radius 3 is 2.64 bits per heavy atom. The molecule has 150 valence electrons. The Bertz CT molecular complexity index is 867. The fraction of sp³-hybridized carbons (Fsp3) is 0.444. The molecule has 0 aromatic carbocycles. The van der Waals surface area contributed by atoms with E-state index >= 15 is 0 Å². The topological polar surface area (TPSA) is 45.7 Å². The lowest BCUT2D eigenvalue weighted by molar-refractivity contribution is -0.137. The molecule has 0 atom stereocenters. The number of alkyl halides is 3. The molecule has 1 amide bonds. The van der Waals surface area contributed by atoms with Gasteiger partial charge in [0.15, 0.2) is 0 Å². The third-order valence-corrected chi connectivity index (χ3v) is 6.28.